The van der Waals surface area contributed by atoms with Crippen LogP contribution in [-0.4, -0.2) is 30.3 Å². The molecule has 0 saturated heterocycles. The zero-order chi connectivity index (χ0) is 16.1. The maximum Gasteiger partial charge on any atom is 0.306 e. The summed E-state index contributed by atoms with van der Waals surface area (Å²) in [6.07, 6.45) is 5.42. The molecule has 24 heavy (non-hydrogen) atoms. The molecule has 1 fully saturated rings. The van der Waals surface area contributed by atoms with Crippen molar-refractivity contribution in [2.45, 2.75) is 50.3 Å². The van der Waals surface area contributed by atoms with Crippen LogP contribution in [0.2, 0.25) is 0 Å². The third-order valence-corrected chi connectivity index (χ3v) is 6.43. The summed E-state index contributed by atoms with van der Waals surface area (Å²) in [4.78, 5) is 32.6. The van der Waals surface area contributed by atoms with Crippen LogP contribution in [0.25, 0.3) is 11.0 Å². The van der Waals surface area contributed by atoms with Gasteiger partial charge in [0.2, 0.25) is 0 Å². The number of carbonyl (C=O) groups excluding carboxylic acids is 1. The molecule has 2 aromatic rings. The Bertz CT molecular complexity index is 853. The van der Waals surface area contributed by atoms with Crippen LogP contribution in [-0.2, 0) is 20.7 Å². The van der Waals surface area contributed by atoms with E-state index in [9.17, 15) is 14.1 Å². The summed E-state index contributed by atoms with van der Waals surface area (Å²) in [6.45, 7) is 1.26. The molecule has 4 rings (SSSR count). The van der Waals surface area contributed by atoms with Crippen LogP contribution < -0.4 is 5.56 Å². The molecule has 4 atom stereocenters. The van der Waals surface area contributed by atoms with Gasteiger partial charge in [0.25, 0.3) is 11.0 Å². The Kier molecular flexibility index (Phi) is 4.35. The van der Waals surface area contributed by atoms with Gasteiger partial charge in [0.05, 0.1) is 6.04 Å². The molecule has 4 unspecified atom stereocenters. The fourth-order valence-corrected chi connectivity index (χ4v) is 5.53. The van der Waals surface area contributed by atoms with Crippen molar-refractivity contribution in [2.75, 3.05) is 0 Å². The van der Waals surface area contributed by atoms with E-state index in [2.05, 4.69) is 9.97 Å². The quantitative estimate of drug-likeness (QED) is 0.576. The Balaban J connectivity index is 0.00000169. The lowest BCUT2D eigenvalue weighted by atomic mass is 10.2. The van der Waals surface area contributed by atoms with Gasteiger partial charge >= 0.3 is 5.97 Å². The van der Waals surface area contributed by atoms with Gasteiger partial charge in [-0.15, -0.1) is 0 Å². The number of pyridine rings is 1. The number of nitrogens with zero attached hydrogens (tertiary/aromatic N) is 3. The summed E-state index contributed by atoms with van der Waals surface area (Å²) < 4.78 is 19.9. The van der Waals surface area contributed by atoms with E-state index in [0.29, 0.717) is 11.0 Å². The summed E-state index contributed by atoms with van der Waals surface area (Å²) in [7, 11) is 0. The second-order valence-electron chi connectivity index (χ2n) is 5.88. The minimum Gasteiger partial charge on any atom is -0.613 e. The van der Waals surface area contributed by atoms with E-state index in [1.54, 1.807) is 16.8 Å². The molecular formula is C16H19N3O4S. The van der Waals surface area contributed by atoms with Gasteiger partial charge in [-0.2, -0.15) is 0 Å². The van der Waals surface area contributed by atoms with Crippen molar-refractivity contribution >= 4 is 28.2 Å². The van der Waals surface area contributed by atoms with E-state index in [4.69, 9.17) is 4.74 Å². The summed E-state index contributed by atoms with van der Waals surface area (Å²) in [5.41, 5.74) is -0.504. The van der Waals surface area contributed by atoms with Crippen molar-refractivity contribution in [2.24, 2.45) is 0 Å². The van der Waals surface area contributed by atoms with Gasteiger partial charge in [0, 0.05) is 29.7 Å². The van der Waals surface area contributed by atoms with E-state index in [-0.39, 0.29) is 29.8 Å². The Labute approximate surface area is 142 Å². The van der Waals surface area contributed by atoms with E-state index in [1.165, 1.54) is 13.3 Å². The highest BCUT2D eigenvalue weighted by molar-refractivity contribution is 7.92. The molecule has 2 bridgehead atoms. The van der Waals surface area contributed by atoms with Crippen LogP contribution in [0.15, 0.2) is 23.4 Å². The average molecular weight is 349 g/mol. The minimum atomic E-state index is -1.46. The van der Waals surface area contributed by atoms with E-state index in [1.807, 2.05) is 0 Å². The fourth-order valence-electron chi connectivity index (χ4n) is 3.60. The van der Waals surface area contributed by atoms with Gasteiger partial charge in [-0.3, -0.25) is 14.2 Å². The van der Waals surface area contributed by atoms with Gasteiger partial charge in [-0.25, -0.2) is 9.97 Å². The molecule has 3 heterocycles. The van der Waals surface area contributed by atoms with Crippen molar-refractivity contribution in [1.82, 2.24) is 14.5 Å². The molecular weight excluding hydrogens is 330 g/mol. The lowest BCUT2D eigenvalue weighted by molar-refractivity contribution is -0.143. The maximum absolute atomic E-state index is 13.0. The zero-order valence-corrected chi connectivity index (χ0v) is 13.3. The van der Waals surface area contributed by atoms with E-state index >= 15 is 0 Å². The van der Waals surface area contributed by atoms with E-state index < -0.39 is 22.6 Å². The Morgan fingerprint density at radius 2 is 2.25 bits per heavy atom. The molecule has 2 aliphatic rings. The second kappa shape index (κ2) is 6.18. The minimum absolute atomic E-state index is 0. The monoisotopic (exact) mass is 349 g/mol. The van der Waals surface area contributed by atoms with Gasteiger partial charge in [0.15, 0.2) is 0 Å². The highest BCUT2D eigenvalue weighted by Crippen LogP contribution is 2.43. The van der Waals surface area contributed by atoms with Gasteiger partial charge < -0.3 is 9.29 Å². The number of fused-ring (bicyclic) bond motifs is 6. The van der Waals surface area contributed by atoms with Crippen LogP contribution in [0.4, 0.5) is 0 Å². The van der Waals surface area contributed by atoms with Gasteiger partial charge in [-0.05, 0) is 25.3 Å². The van der Waals surface area contributed by atoms with Crippen molar-refractivity contribution < 1.29 is 14.1 Å². The third kappa shape index (κ3) is 2.41. The summed E-state index contributed by atoms with van der Waals surface area (Å²) in [6, 6.07) is 1.42. The van der Waals surface area contributed by atoms with E-state index in [0.717, 1.165) is 19.3 Å². The molecule has 0 radical (unpaired) electrons. The average Bonchev–Trinajstić information content (AvgIpc) is 2.98. The van der Waals surface area contributed by atoms with Crippen LogP contribution in [0, 0.1) is 0 Å². The van der Waals surface area contributed by atoms with Crippen LogP contribution in [0.3, 0.4) is 0 Å². The molecule has 1 aliphatic carbocycles. The highest BCUT2D eigenvalue weighted by Gasteiger charge is 2.48. The van der Waals surface area contributed by atoms with Gasteiger partial charge in [0.1, 0.15) is 22.8 Å². The fraction of sp³-hybridized carbons (Fsp3) is 0.500. The number of hydrogen-bond acceptors (Lipinski definition) is 6. The summed E-state index contributed by atoms with van der Waals surface area (Å²) in [5, 5.41) is 0.471. The predicted octanol–water partition coefficient (Wildman–Crippen LogP) is 1.85. The smallest absolute Gasteiger partial charge is 0.306 e. The first kappa shape index (κ1) is 16.9. The Morgan fingerprint density at radius 1 is 1.46 bits per heavy atom. The molecule has 2 aromatic heterocycles. The first-order chi connectivity index (χ1) is 11.1. The number of esters is 1. The first-order valence-corrected chi connectivity index (χ1v) is 8.77. The number of carbonyl (C=O) groups is 1. The van der Waals surface area contributed by atoms with Crippen molar-refractivity contribution in [3.63, 3.8) is 0 Å². The topological polar surface area (TPSA) is 97.1 Å². The SMILES string of the molecule is C.CC(=O)OC1c2cc3cncnc3n(c2=O)C2CCCC2[S+]1[O-]. The first-order valence-electron chi connectivity index (χ1n) is 7.49. The molecule has 8 heteroatoms. The second-order valence-corrected chi connectivity index (χ2v) is 7.57. The number of ether oxygens (including phenoxy) is 1. The largest absolute Gasteiger partial charge is 0.613 e. The molecule has 128 valence electrons. The highest BCUT2D eigenvalue weighted by atomic mass is 32.2. The molecule has 0 spiro atoms. The third-order valence-electron chi connectivity index (χ3n) is 4.51. The lowest BCUT2D eigenvalue weighted by Crippen LogP contribution is -2.31. The van der Waals surface area contributed by atoms with Crippen LogP contribution in [0.5, 0.6) is 0 Å². The van der Waals surface area contributed by atoms with Crippen LogP contribution in [0.1, 0.15) is 50.7 Å². The summed E-state index contributed by atoms with van der Waals surface area (Å²) >= 11 is -1.46. The number of rotatable bonds is 1. The maximum atomic E-state index is 13.0. The van der Waals surface area contributed by atoms with Crippen molar-refractivity contribution in [3.8, 4) is 0 Å². The Morgan fingerprint density at radius 3 is 3.00 bits per heavy atom. The van der Waals surface area contributed by atoms with Gasteiger partial charge in [-0.1, -0.05) is 7.43 Å². The molecule has 1 saturated carbocycles. The number of hydrogen-bond donors (Lipinski definition) is 0. The normalized spacial score (nSPS) is 27.9. The molecule has 1 aliphatic heterocycles. The molecule has 7 nitrogen and oxygen atoms in total. The molecule has 0 N–H and O–H groups in total. The predicted molar refractivity (Wildman–Crippen MR) is 89.9 cm³/mol. The molecule has 0 amide bonds. The van der Waals surface area contributed by atoms with Crippen molar-refractivity contribution in [3.05, 3.63) is 34.5 Å². The zero-order valence-electron chi connectivity index (χ0n) is 12.5. The number of aromatic nitrogens is 3. The Hall–Kier alpha value is -1.93. The lowest BCUT2D eigenvalue weighted by Gasteiger charge is -2.25. The molecule has 0 aromatic carbocycles. The standard InChI is InChI=1S/C15H15N3O4S.CH4/c1-8(19)22-15-10-5-9-6-16-7-17-13(9)18(14(10)20)11-3-2-4-12(11)23(15)21;/h5-7,11-12,15H,2-4H2,1H3;1H4. The summed E-state index contributed by atoms with van der Waals surface area (Å²) in [5.74, 6) is -0.546. The van der Waals surface area contributed by atoms with Crippen LogP contribution >= 0.6 is 0 Å². The van der Waals surface area contributed by atoms with Crippen molar-refractivity contribution in [1.29, 1.82) is 0 Å².